The Bertz CT molecular complexity index is 1340. The Morgan fingerprint density at radius 1 is 1.06 bits per heavy atom. The van der Waals surface area contributed by atoms with Gasteiger partial charge in [-0.2, -0.15) is 0 Å². The lowest BCUT2D eigenvalue weighted by molar-refractivity contribution is 0.103. The van der Waals surface area contributed by atoms with Crippen molar-refractivity contribution in [2.75, 3.05) is 30.3 Å². The van der Waals surface area contributed by atoms with Crippen LogP contribution >= 0.6 is 0 Å². The standard InChI is InChI=1S/C28H27N5O2/c29-28-23(15-21(16-31-28)22-10-5-4-9-20(22)18-34)27(35)24-11-6-12-26(32-24)33-14-13-30-25(17-33)19-7-2-1-3-8-19/h1-12,15-16,25,30,34H,13-14,17-18H2,(H2,29,31). The molecule has 1 aliphatic rings. The zero-order chi connectivity index (χ0) is 24.2. The number of nitrogens with zero attached hydrogens (tertiary/aromatic N) is 3. The molecule has 176 valence electrons. The number of benzene rings is 2. The summed E-state index contributed by atoms with van der Waals surface area (Å²) in [5.74, 6) is 0.625. The lowest BCUT2D eigenvalue weighted by Crippen LogP contribution is -2.46. The second-order valence-electron chi connectivity index (χ2n) is 8.55. The minimum absolute atomic E-state index is 0.109. The first-order valence-electron chi connectivity index (χ1n) is 11.6. The molecular weight excluding hydrogens is 438 g/mol. The number of ketones is 1. The molecule has 4 N–H and O–H groups in total. The van der Waals surface area contributed by atoms with Crippen molar-refractivity contribution >= 4 is 17.4 Å². The molecule has 1 unspecified atom stereocenters. The Hall–Kier alpha value is -4.07. The molecule has 1 aliphatic heterocycles. The second kappa shape index (κ2) is 10.0. The van der Waals surface area contributed by atoms with Crippen molar-refractivity contribution in [1.82, 2.24) is 15.3 Å². The summed E-state index contributed by atoms with van der Waals surface area (Å²) < 4.78 is 0. The number of nitrogen functional groups attached to an aromatic ring is 1. The van der Waals surface area contributed by atoms with Gasteiger partial charge < -0.3 is 21.1 Å². The number of nitrogens with one attached hydrogen (secondary N) is 1. The van der Waals surface area contributed by atoms with Crippen LogP contribution in [0.5, 0.6) is 0 Å². The van der Waals surface area contributed by atoms with Gasteiger partial charge in [0.05, 0.1) is 12.2 Å². The van der Waals surface area contributed by atoms with E-state index in [1.54, 1.807) is 18.3 Å². The number of pyridine rings is 2. The number of aliphatic hydroxyl groups excluding tert-OH is 1. The number of piperazine rings is 1. The third-order valence-corrected chi connectivity index (χ3v) is 6.33. The lowest BCUT2D eigenvalue weighted by Gasteiger charge is -2.35. The summed E-state index contributed by atoms with van der Waals surface area (Å²) in [4.78, 5) is 24.6. The number of anilines is 2. The normalized spacial score (nSPS) is 15.7. The van der Waals surface area contributed by atoms with Gasteiger partial charge >= 0.3 is 0 Å². The Kier molecular flexibility index (Phi) is 6.52. The molecule has 0 bridgehead atoms. The molecule has 2 aromatic carbocycles. The zero-order valence-electron chi connectivity index (χ0n) is 19.3. The van der Waals surface area contributed by atoms with E-state index in [-0.39, 0.29) is 24.2 Å². The first-order chi connectivity index (χ1) is 17.1. The molecule has 0 amide bonds. The Morgan fingerprint density at radius 2 is 1.86 bits per heavy atom. The molecule has 7 heteroatoms. The van der Waals surface area contributed by atoms with Gasteiger partial charge in [0.15, 0.2) is 0 Å². The topological polar surface area (TPSA) is 104 Å². The summed E-state index contributed by atoms with van der Waals surface area (Å²) in [6, 6.07) is 25.2. The van der Waals surface area contributed by atoms with Crippen LogP contribution in [0.2, 0.25) is 0 Å². The molecule has 2 aromatic heterocycles. The SMILES string of the molecule is Nc1ncc(-c2ccccc2CO)cc1C(=O)c1cccc(N2CCNC(c3ccccc3)C2)n1. The van der Waals surface area contributed by atoms with Crippen LogP contribution in [0.15, 0.2) is 85.1 Å². The molecule has 1 fully saturated rings. The van der Waals surface area contributed by atoms with Crippen molar-refractivity contribution in [2.24, 2.45) is 0 Å². The first kappa shape index (κ1) is 22.7. The minimum Gasteiger partial charge on any atom is -0.392 e. The van der Waals surface area contributed by atoms with Crippen LogP contribution < -0.4 is 16.0 Å². The van der Waals surface area contributed by atoms with E-state index < -0.39 is 0 Å². The van der Waals surface area contributed by atoms with Crippen LogP contribution in [0, 0.1) is 0 Å². The van der Waals surface area contributed by atoms with E-state index in [1.807, 2.05) is 54.6 Å². The quantitative estimate of drug-likeness (QED) is 0.374. The summed E-state index contributed by atoms with van der Waals surface area (Å²) in [7, 11) is 0. The number of aliphatic hydroxyl groups is 1. The molecule has 0 saturated carbocycles. The number of carbonyl (C=O) groups excluding carboxylic acids is 1. The van der Waals surface area contributed by atoms with Crippen LogP contribution in [-0.4, -0.2) is 40.5 Å². The van der Waals surface area contributed by atoms with E-state index in [9.17, 15) is 9.90 Å². The van der Waals surface area contributed by atoms with Gasteiger partial charge in [-0.05, 0) is 34.9 Å². The molecule has 3 heterocycles. The molecule has 35 heavy (non-hydrogen) atoms. The van der Waals surface area contributed by atoms with E-state index in [2.05, 4.69) is 27.3 Å². The fourth-order valence-electron chi connectivity index (χ4n) is 4.47. The van der Waals surface area contributed by atoms with Gasteiger partial charge in [0.1, 0.15) is 17.3 Å². The Morgan fingerprint density at radius 3 is 2.69 bits per heavy atom. The van der Waals surface area contributed by atoms with Crippen LogP contribution in [0.3, 0.4) is 0 Å². The molecule has 1 saturated heterocycles. The van der Waals surface area contributed by atoms with E-state index in [0.717, 1.165) is 42.1 Å². The summed E-state index contributed by atoms with van der Waals surface area (Å²) >= 11 is 0. The number of rotatable bonds is 6. The van der Waals surface area contributed by atoms with Crippen LogP contribution in [0.25, 0.3) is 11.1 Å². The molecule has 7 nitrogen and oxygen atoms in total. The highest BCUT2D eigenvalue weighted by molar-refractivity contribution is 6.11. The largest absolute Gasteiger partial charge is 0.392 e. The summed E-state index contributed by atoms with van der Waals surface area (Å²) in [6.07, 6.45) is 1.62. The van der Waals surface area contributed by atoms with Crippen molar-refractivity contribution in [2.45, 2.75) is 12.6 Å². The maximum absolute atomic E-state index is 13.5. The van der Waals surface area contributed by atoms with Crippen molar-refractivity contribution in [3.8, 4) is 11.1 Å². The van der Waals surface area contributed by atoms with E-state index >= 15 is 0 Å². The van der Waals surface area contributed by atoms with Crippen molar-refractivity contribution in [3.63, 3.8) is 0 Å². The highest BCUT2D eigenvalue weighted by atomic mass is 16.3. The molecule has 1 atom stereocenters. The van der Waals surface area contributed by atoms with Gasteiger partial charge in [0, 0.05) is 37.4 Å². The molecule has 0 aliphatic carbocycles. The van der Waals surface area contributed by atoms with Gasteiger partial charge in [0.25, 0.3) is 0 Å². The van der Waals surface area contributed by atoms with Crippen molar-refractivity contribution in [3.05, 3.63) is 107 Å². The molecule has 4 aromatic rings. The van der Waals surface area contributed by atoms with Gasteiger partial charge in [-0.15, -0.1) is 0 Å². The predicted octanol–water partition coefficient (Wildman–Crippen LogP) is 3.60. The van der Waals surface area contributed by atoms with Gasteiger partial charge in [0.2, 0.25) is 5.78 Å². The van der Waals surface area contributed by atoms with Crippen molar-refractivity contribution in [1.29, 1.82) is 0 Å². The highest BCUT2D eigenvalue weighted by Crippen LogP contribution is 2.27. The first-order valence-corrected chi connectivity index (χ1v) is 11.6. The highest BCUT2D eigenvalue weighted by Gasteiger charge is 2.23. The monoisotopic (exact) mass is 465 g/mol. The maximum atomic E-state index is 13.5. The second-order valence-corrected chi connectivity index (χ2v) is 8.55. The maximum Gasteiger partial charge on any atom is 0.215 e. The van der Waals surface area contributed by atoms with Crippen LogP contribution in [-0.2, 0) is 6.61 Å². The van der Waals surface area contributed by atoms with Crippen LogP contribution in [0.1, 0.15) is 33.2 Å². The third kappa shape index (κ3) is 4.77. The smallest absolute Gasteiger partial charge is 0.215 e. The average molecular weight is 466 g/mol. The summed E-state index contributed by atoms with van der Waals surface area (Å²) in [5, 5.41) is 13.3. The molecular formula is C28H27N5O2. The third-order valence-electron chi connectivity index (χ3n) is 6.33. The van der Waals surface area contributed by atoms with Gasteiger partial charge in [-0.3, -0.25) is 4.79 Å². The van der Waals surface area contributed by atoms with E-state index in [0.29, 0.717) is 11.3 Å². The van der Waals surface area contributed by atoms with Gasteiger partial charge in [-0.1, -0.05) is 60.7 Å². The average Bonchev–Trinajstić information content (AvgIpc) is 2.93. The fourth-order valence-corrected chi connectivity index (χ4v) is 4.47. The predicted molar refractivity (Wildman–Crippen MR) is 137 cm³/mol. The van der Waals surface area contributed by atoms with E-state index in [1.165, 1.54) is 5.56 Å². The van der Waals surface area contributed by atoms with Gasteiger partial charge in [-0.25, -0.2) is 9.97 Å². The summed E-state index contributed by atoms with van der Waals surface area (Å²) in [5.41, 5.74) is 10.2. The summed E-state index contributed by atoms with van der Waals surface area (Å²) in [6.45, 7) is 2.27. The molecule has 5 rings (SSSR count). The molecule has 0 radical (unpaired) electrons. The van der Waals surface area contributed by atoms with Crippen LogP contribution in [0.4, 0.5) is 11.6 Å². The zero-order valence-corrected chi connectivity index (χ0v) is 19.3. The minimum atomic E-state index is -0.282. The number of hydrogen-bond donors (Lipinski definition) is 3. The number of hydrogen-bond acceptors (Lipinski definition) is 7. The Labute approximate surface area is 204 Å². The number of carbonyl (C=O) groups is 1. The molecule has 0 spiro atoms. The fraction of sp³-hybridized carbons (Fsp3) is 0.179. The Balaban J connectivity index is 1.42. The number of nitrogens with two attached hydrogens (primary N) is 1. The number of aromatic nitrogens is 2. The van der Waals surface area contributed by atoms with E-state index in [4.69, 9.17) is 10.7 Å². The van der Waals surface area contributed by atoms with Crippen molar-refractivity contribution < 1.29 is 9.90 Å². The lowest BCUT2D eigenvalue weighted by atomic mass is 9.98.